The number of thiophene rings is 1. The highest BCUT2D eigenvalue weighted by atomic mass is 35.5. The van der Waals surface area contributed by atoms with E-state index in [1.54, 1.807) is 10.9 Å². The van der Waals surface area contributed by atoms with Crippen molar-refractivity contribution in [1.82, 2.24) is 9.55 Å². The Balaban J connectivity index is 1.78. The summed E-state index contributed by atoms with van der Waals surface area (Å²) in [5.74, 6) is 0. The minimum absolute atomic E-state index is 0.0132. The molecule has 0 bridgehead atoms. The lowest BCUT2D eigenvalue weighted by Gasteiger charge is -2.07. The van der Waals surface area contributed by atoms with Crippen LogP contribution in [-0.2, 0) is 13.0 Å². The van der Waals surface area contributed by atoms with Crippen LogP contribution in [0.5, 0.6) is 0 Å². The Kier molecular flexibility index (Phi) is 4.62. The second kappa shape index (κ2) is 7.06. The summed E-state index contributed by atoms with van der Waals surface area (Å²) in [6.07, 6.45) is 2.62. The van der Waals surface area contributed by atoms with Gasteiger partial charge in [-0.3, -0.25) is 9.36 Å². The van der Waals surface area contributed by atoms with E-state index < -0.39 is 0 Å². The predicted molar refractivity (Wildman–Crippen MR) is 109 cm³/mol. The first-order valence-electron chi connectivity index (χ1n) is 8.46. The van der Waals surface area contributed by atoms with Crippen molar-refractivity contribution in [2.45, 2.75) is 19.9 Å². The number of aromatic nitrogens is 2. The number of hydrogen-bond acceptors (Lipinski definition) is 3. The summed E-state index contributed by atoms with van der Waals surface area (Å²) < 4.78 is 1.65. The quantitative estimate of drug-likeness (QED) is 0.475. The molecular formula is C21H17ClN2OS. The third kappa shape index (κ3) is 3.18. The molecule has 0 aliphatic carbocycles. The van der Waals surface area contributed by atoms with Gasteiger partial charge in [0.25, 0.3) is 5.56 Å². The van der Waals surface area contributed by atoms with Gasteiger partial charge >= 0.3 is 0 Å². The Labute approximate surface area is 160 Å². The Morgan fingerprint density at radius 1 is 1.04 bits per heavy atom. The van der Waals surface area contributed by atoms with Gasteiger partial charge in [-0.1, -0.05) is 54.9 Å². The van der Waals surface area contributed by atoms with Crippen molar-refractivity contribution in [2.24, 2.45) is 0 Å². The van der Waals surface area contributed by atoms with Crippen molar-refractivity contribution in [1.29, 1.82) is 0 Å². The van der Waals surface area contributed by atoms with Crippen molar-refractivity contribution >= 4 is 33.2 Å². The van der Waals surface area contributed by atoms with Gasteiger partial charge in [0.05, 0.1) is 18.3 Å². The average molecular weight is 381 g/mol. The van der Waals surface area contributed by atoms with E-state index in [1.807, 2.05) is 29.6 Å². The van der Waals surface area contributed by atoms with Gasteiger partial charge in [-0.2, -0.15) is 0 Å². The van der Waals surface area contributed by atoms with Crippen LogP contribution in [-0.4, -0.2) is 9.55 Å². The first kappa shape index (κ1) is 17.0. The maximum absolute atomic E-state index is 13.1. The molecule has 2 aromatic heterocycles. The fraction of sp³-hybridized carbons (Fsp3) is 0.143. The van der Waals surface area contributed by atoms with E-state index in [2.05, 4.69) is 36.2 Å². The van der Waals surface area contributed by atoms with Crippen molar-refractivity contribution in [3.05, 3.63) is 86.7 Å². The van der Waals surface area contributed by atoms with Gasteiger partial charge in [-0.15, -0.1) is 11.3 Å². The molecule has 130 valence electrons. The number of benzene rings is 2. The molecule has 0 radical (unpaired) electrons. The van der Waals surface area contributed by atoms with E-state index in [0.717, 1.165) is 27.9 Å². The molecule has 0 aliphatic rings. The third-order valence-corrected chi connectivity index (χ3v) is 5.64. The first-order valence-corrected chi connectivity index (χ1v) is 9.72. The van der Waals surface area contributed by atoms with Crippen LogP contribution < -0.4 is 5.56 Å². The highest BCUT2D eigenvalue weighted by Gasteiger charge is 2.13. The summed E-state index contributed by atoms with van der Waals surface area (Å²) in [6.45, 7) is 2.61. The fourth-order valence-electron chi connectivity index (χ4n) is 3.00. The second-order valence-corrected chi connectivity index (χ2v) is 7.48. The maximum atomic E-state index is 13.1. The van der Waals surface area contributed by atoms with Gasteiger partial charge in [-0.25, -0.2) is 4.98 Å². The zero-order valence-corrected chi connectivity index (χ0v) is 15.8. The Hall–Kier alpha value is -2.43. The smallest absolute Gasteiger partial charge is 0.263 e. The molecule has 2 heterocycles. The van der Waals surface area contributed by atoms with E-state index in [-0.39, 0.29) is 5.56 Å². The van der Waals surface area contributed by atoms with Gasteiger partial charge in [0.1, 0.15) is 4.83 Å². The second-order valence-electron chi connectivity index (χ2n) is 6.18. The molecule has 0 spiro atoms. The van der Waals surface area contributed by atoms with Gasteiger partial charge in [0, 0.05) is 16.0 Å². The summed E-state index contributed by atoms with van der Waals surface area (Å²) in [5, 5.41) is 3.40. The highest BCUT2D eigenvalue weighted by molar-refractivity contribution is 7.17. The standard InChI is InChI=1S/C21H17ClN2OS/c1-2-14-3-7-16(8-4-14)18-12-26-20-19(18)21(25)24(13-23-20)11-15-5-9-17(22)10-6-15/h3-10,12-13H,2,11H2,1H3. The topological polar surface area (TPSA) is 34.9 Å². The zero-order valence-electron chi connectivity index (χ0n) is 14.3. The van der Waals surface area contributed by atoms with Crippen LogP contribution >= 0.6 is 22.9 Å². The molecular weight excluding hydrogens is 364 g/mol. The Morgan fingerprint density at radius 3 is 2.42 bits per heavy atom. The number of nitrogens with zero attached hydrogens (tertiary/aromatic N) is 2. The molecule has 3 nitrogen and oxygen atoms in total. The number of hydrogen-bond donors (Lipinski definition) is 0. The lowest BCUT2D eigenvalue weighted by atomic mass is 10.0. The van der Waals surface area contributed by atoms with Crippen LogP contribution in [0, 0.1) is 0 Å². The Bertz CT molecular complexity index is 1110. The SMILES string of the molecule is CCc1ccc(-c2csc3ncn(Cc4ccc(Cl)cc4)c(=O)c23)cc1. The monoisotopic (exact) mass is 380 g/mol. The molecule has 0 unspecified atom stereocenters. The molecule has 0 saturated carbocycles. The number of aryl methyl sites for hydroxylation is 1. The lowest BCUT2D eigenvalue weighted by molar-refractivity contribution is 0.749. The molecule has 4 aromatic rings. The van der Waals surface area contributed by atoms with Crippen LogP contribution in [0.3, 0.4) is 0 Å². The number of fused-ring (bicyclic) bond motifs is 1. The summed E-state index contributed by atoms with van der Waals surface area (Å²) in [4.78, 5) is 18.3. The van der Waals surface area contributed by atoms with Crippen molar-refractivity contribution in [3.63, 3.8) is 0 Å². The minimum Gasteiger partial charge on any atom is -0.294 e. The predicted octanol–water partition coefficient (Wildman–Crippen LogP) is 5.39. The molecule has 2 aromatic carbocycles. The van der Waals surface area contributed by atoms with Crippen molar-refractivity contribution in [2.75, 3.05) is 0 Å². The molecule has 0 fully saturated rings. The average Bonchev–Trinajstić information content (AvgIpc) is 3.11. The Morgan fingerprint density at radius 2 is 1.73 bits per heavy atom. The van der Waals surface area contributed by atoms with Gasteiger partial charge < -0.3 is 0 Å². The van der Waals surface area contributed by atoms with Crippen LogP contribution in [0.2, 0.25) is 5.02 Å². The molecule has 0 saturated heterocycles. The molecule has 5 heteroatoms. The van der Waals surface area contributed by atoms with Gasteiger partial charge in [0.15, 0.2) is 0 Å². The normalized spacial score (nSPS) is 11.2. The fourth-order valence-corrected chi connectivity index (χ4v) is 4.03. The van der Waals surface area contributed by atoms with E-state index in [9.17, 15) is 4.79 Å². The maximum Gasteiger partial charge on any atom is 0.263 e. The highest BCUT2D eigenvalue weighted by Crippen LogP contribution is 2.30. The first-order chi connectivity index (χ1) is 12.7. The third-order valence-electron chi connectivity index (χ3n) is 4.50. The molecule has 0 atom stereocenters. The minimum atomic E-state index is -0.0132. The zero-order chi connectivity index (χ0) is 18.1. The molecule has 26 heavy (non-hydrogen) atoms. The van der Waals surface area contributed by atoms with Crippen LogP contribution in [0.25, 0.3) is 21.3 Å². The van der Waals surface area contributed by atoms with Crippen LogP contribution in [0.1, 0.15) is 18.1 Å². The van der Waals surface area contributed by atoms with Gasteiger partial charge in [0.2, 0.25) is 0 Å². The molecule has 4 rings (SSSR count). The van der Waals surface area contributed by atoms with Crippen LogP contribution in [0.4, 0.5) is 0 Å². The van der Waals surface area contributed by atoms with Crippen molar-refractivity contribution in [3.8, 4) is 11.1 Å². The largest absolute Gasteiger partial charge is 0.294 e. The van der Waals surface area contributed by atoms with E-state index in [0.29, 0.717) is 17.0 Å². The van der Waals surface area contributed by atoms with E-state index >= 15 is 0 Å². The van der Waals surface area contributed by atoms with Gasteiger partial charge in [-0.05, 0) is 35.2 Å². The summed E-state index contributed by atoms with van der Waals surface area (Å²) in [5.41, 5.74) is 4.29. The number of rotatable bonds is 4. The molecule has 0 aliphatic heterocycles. The molecule has 0 N–H and O–H groups in total. The molecule has 0 amide bonds. The van der Waals surface area contributed by atoms with E-state index in [4.69, 9.17) is 11.6 Å². The van der Waals surface area contributed by atoms with E-state index in [1.165, 1.54) is 16.9 Å². The summed E-state index contributed by atoms with van der Waals surface area (Å²) in [6, 6.07) is 15.9. The lowest BCUT2D eigenvalue weighted by Crippen LogP contribution is -2.20. The van der Waals surface area contributed by atoms with Crippen LogP contribution in [0.15, 0.2) is 65.0 Å². The summed E-state index contributed by atoms with van der Waals surface area (Å²) >= 11 is 7.45. The van der Waals surface area contributed by atoms with Crippen molar-refractivity contribution < 1.29 is 0 Å². The summed E-state index contributed by atoms with van der Waals surface area (Å²) in [7, 11) is 0. The number of halogens is 1.